The summed E-state index contributed by atoms with van der Waals surface area (Å²) in [4.78, 5) is 56.8. The molecule has 1 aliphatic carbocycles. The first-order valence-electron chi connectivity index (χ1n) is 16.4. The second-order valence-electron chi connectivity index (χ2n) is 13.5. The topological polar surface area (TPSA) is 137 Å². The predicted octanol–water partition coefficient (Wildman–Crippen LogP) is 4.10. The Morgan fingerprint density at radius 1 is 1.07 bits per heavy atom. The molecule has 4 rings (SSSR count). The highest BCUT2D eigenvalue weighted by Crippen LogP contribution is 2.39. The third-order valence-electron chi connectivity index (χ3n) is 9.64. The van der Waals surface area contributed by atoms with Crippen LogP contribution in [0.5, 0.6) is 0 Å². The highest BCUT2D eigenvalue weighted by Gasteiger charge is 2.37. The lowest BCUT2D eigenvalue weighted by molar-refractivity contribution is -0.138. The maximum absolute atomic E-state index is 15.6. The number of amides is 4. The van der Waals surface area contributed by atoms with Crippen LogP contribution < -0.4 is 16.0 Å². The lowest BCUT2D eigenvalue weighted by atomic mass is 9.71. The van der Waals surface area contributed by atoms with E-state index >= 15 is 4.39 Å². The van der Waals surface area contributed by atoms with Crippen LogP contribution in [0.15, 0.2) is 29.0 Å². The maximum atomic E-state index is 15.6. The Morgan fingerprint density at radius 3 is 2.35 bits per heavy atom. The predicted molar refractivity (Wildman–Crippen MR) is 173 cm³/mol. The van der Waals surface area contributed by atoms with Crippen LogP contribution in [0.2, 0.25) is 0 Å². The Morgan fingerprint density at radius 2 is 1.74 bits per heavy atom. The Labute approximate surface area is 271 Å². The van der Waals surface area contributed by atoms with Crippen LogP contribution in [0.1, 0.15) is 94.3 Å². The number of piperazine rings is 1. The number of anilines is 1. The zero-order chi connectivity index (χ0) is 33.6. The number of aromatic nitrogens is 1. The molecule has 0 unspecified atom stereocenters. The number of likely N-dealkylation sites (N-methyl/N-ethyl adjacent to an activating group) is 1. The van der Waals surface area contributed by atoms with Crippen molar-refractivity contribution < 1.29 is 28.1 Å². The van der Waals surface area contributed by atoms with Crippen LogP contribution in [0.3, 0.4) is 0 Å². The van der Waals surface area contributed by atoms with Crippen molar-refractivity contribution in [2.24, 2.45) is 11.3 Å². The summed E-state index contributed by atoms with van der Waals surface area (Å²) in [5.74, 6) is -2.77. The van der Waals surface area contributed by atoms with Gasteiger partial charge >= 0.3 is 0 Å². The molecule has 2 aromatic rings. The molecule has 11 nitrogen and oxygen atoms in total. The van der Waals surface area contributed by atoms with Crippen molar-refractivity contribution in [3.63, 3.8) is 0 Å². The molecule has 1 aliphatic heterocycles. The first-order valence-corrected chi connectivity index (χ1v) is 16.4. The molecule has 1 saturated carbocycles. The molecule has 1 aromatic carbocycles. The normalized spacial score (nSPS) is 19.2. The summed E-state index contributed by atoms with van der Waals surface area (Å²) in [7, 11) is 2.00. The highest BCUT2D eigenvalue weighted by molar-refractivity contribution is 6.01. The van der Waals surface area contributed by atoms with Gasteiger partial charge in [-0.3, -0.25) is 19.2 Å². The number of carbonyl (C=O) groups excluding carboxylic acids is 4. The van der Waals surface area contributed by atoms with E-state index < -0.39 is 35.6 Å². The molecule has 0 bridgehead atoms. The Balaban J connectivity index is 1.52. The summed E-state index contributed by atoms with van der Waals surface area (Å²) >= 11 is 0. The lowest BCUT2D eigenvalue weighted by Gasteiger charge is -2.37. The summed E-state index contributed by atoms with van der Waals surface area (Å²) < 4.78 is 20.6. The van der Waals surface area contributed by atoms with Gasteiger partial charge < -0.3 is 30.3 Å². The van der Waals surface area contributed by atoms with Gasteiger partial charge in [-0.1, -0.05) is 45.8 Å². The van der Waals surface area contributed by atoms with Crippen LogP contribution in [-0.2, 0) is 20.8 Å². The fourth-order valence-electron chi connectivity index (χ4n) is 6.29. The number of carbonyl (C=O) groups is 4. The van der Waals surface area contributed by atoms with Gasteiger partial charge in [-0.25, -0.2) is 4.39 Å². The number of halogens is 1. The zero-order valence-corrected chi connectivity index (χ0v) is 28.0. The second-order valence-corrected chi connectivity index (χ2v) is 13.5. The smallest absolute Gasteiger partial charge is 0.257 e. The van der Waals surface area contributed by atoms with Crippen molar-refractivity contribution in [1.82, 2.24) is 25.6 Å². The molecular weight excluding hydrogens is 591 g/mol. The van der Waals surface area contributed by atoms with E-state index in [1.54, 1.807) is 24.8 Å². The lowest BCUT2D eigenvalue weighted by Crippen LogP contribution is -2.55. The minimum atomic E-state index is -0.893. The molecule has 1 aromatic heterocycles. The summed E-state index contributed by atoms with van der Waals surface area (Å²) in [6.07, 6.45) is 5.25. The van der Waals surface area contributed by atoms with Crippen molar-refractivity contribution >= 4 is 29.3 Å². The van der Waals surface area contributed by atoms with E-state index in [4.69, 9.17) is 4.52 Å². The summed E-state index contributed by atoms with van der Waals surface area (Å²) in [5.41, 5.74) is 1.39. The van der Waals surface area contributed by atoms with Crippen molar-refractivity contribution in [3.05, 3.63) is 47.1 Å². The SMILES string of the molecule is CCC(=O)N[C@@H](C(=O)N1CCN(C)CC1)[C@@H](C)c1ccc(NC(=O)[C@@H](NC(=O)c2conc2CC)C2CCC(C)(C)CC2)c(F)c1. The molecule has 3 N–H and O–H groups in total. The molecule has 2 aliphatic rings. The zero-order valence-electron chi connectivity index (χ0n) is 28.0. The number of nitrogens with zero attached hydrogens (tertiary/aromatic N) is 3. The van der Waals surface area contributed by atoms with E-state index in [0.29, 0.717) is 30.8 Å². The van der Waals surface area contributed by atoms with Crippen molar-refractivity contribution in [2.45, 2.75) is 91.1 Å². The number of hydrogen-bond donors (Lipinski definition) is 3. The van der Waals surface area contributed by atoms with E-state index in [1.807, 2.05) is 14.0 Å². The molecular formula is C34H49FN6O5. The number of aryl methyl sites for hydroxylation is 1. The van der Waals surface area contributed by atoms with Crippen LogP contribution >= 0.6 is 0 Å². The van der Waals surface area contributed by atoms with E-state index in [-0.39, 0.29) is 40.8 Å². The molecule has 0 radical (unpaired) electrons. The van der Waals surface area contributed by atoms with Gasteiger partial charge in [0, 0.05) is 38.5 Å². The fraction of sp³-hybridized carbons (Fsp3) is 0.618. The third kappa shape index (κ3) is 8.51. The molecule has 0 spiro atoms. The maximum Gasteiger partial charge on any atom is 0.257 e. The summed E-state index contributed by atoms with van der Waals surface area (Å²) in [6.45, 7) is 12.3. The van der Waals surface area contributed by atoms with Crippen LogP contribution in [0.25, 0.3) is 0 Å². The van der Waals surface area contributed by atoms with Gasteiger partial charge in [0.05, 0.1) is 11.4 Å². The van der Waals surface area contributed by atoms with Gasteiger partial charge in [-0.2, -0.15) is 0 Å². The van der Waals surface area contributed by atoms with Crippen molar-refractivity contribution in [2.75, 3.05) is 38.5 Å². The van der Waals surface area contributed by atoms with Crippen LogP contribution in [0.4, 0.5) is 10.1 Å². The molecule has 1 saturated heterocycles. The molecule has 3 atom stereocenters. The first kappa shape index (κ1) is 35.1. The van der Waals surface area contributed by atoms with Gasteiger partial charge in [0.25, 0.3) is 5.91 Å². The van der Waals surface area contributed by atoms with Gasteiger partial charge in [0.2, 0.25) is 17.7 Å². The van der Waals surface area contributed by atoms with Crippen molar-refractivity contribution in [3.8, 4) is 0 Å². The summed E-state index contributed by atoms with van der Waals surface area (Å²) in [6, 6.07) is 2.67. The minimum Gasteiger partial charge on any atom is -0.364 e. The number of nitrogens with one attached hydrogen (secondary N) is 3. The Bertz CT molecular complexity index is 1390. The van der Waals surface area contributed by atoms with Crippen LogP contribution in [0, 0.1) is 17.2 Å². The van der Waals surface area contributed by atoms with E-state index in [2.05, 4.69) is 39.9 Å². The highest BCUT2D eigenvalue weighted by atomic mass is 19.1. The Hall–Kier alpha value is -3.80. The monoisotopic (exact) mass is 640 g/mol. The number of rotatable bonds is 11. The van der Waals surface area contributed by atoms with E-state index in [9.17, 15) is 19.2 Å². The van der Waals surface area contributed by atoms with Crippen LogP contribution in [-0.4, -0.2) is 83.9 Å². The van der Waals surface area contributed by atoms with E-state index in [1.165, 1.54) is 18.4 Å². The average molecular weight is 641 g/mol. The molecule has 4 amide bonds. The standard InChI is InChI=1S/C34H49FN6O5/c1-7-26-24(20-46-39-26)31(43)38-30(22-11-13-34(4,5)14-12-22)32(44)36-27-10-9-23(19-25(27)35)21(3)29(37-28(42)8-2)33(45)41-17-15-40(6)16-18-41/h9-10,19-22,29-30H,7-8,11-18H2,1-6H3,(H,36,44)(H,37,42)(H,38,43)/t21-,29+,30-/m0/s1. The second kappa shape index (κ2) is 15.2. The van der Waals surface area contributed by atoms with Gasteiger partial charge in [0.15, 0.2) is 0 Å². The molecule has 2 heterocycles. The number of benzene rings is 1. The molecule has 46 heavy (non-hydrogen) atoms. The van der Waals surface area contributed by atoms with Crippen molar-refractivity contribution in [1.29, 1.82) is 0 Å². The van der Waals surface area contributed by atoms with E-state index in [0.717, 1.165) is 38.8 Å². The quantitative estimate of drug-likeness (QED) is 0.336. The average Bonchev–Trinajstić information content (AvgIpc) is 3.52. The molecule has 252 valence electrons. The number of hydrogen-bond acceptors (Lipinski definition) is 7. The van der Waals surface area contributed by atoms with Gasteiger partial charge in [0.1, 0.15) is 29.7 Å². The third-order valence-corrected chi connectivity index (χ3v) is 9.64. The van der Waals surface area contributed by atoms with Gasteiger partial charge in [-0.15, -0.1) is 0 Å². The Kier molecular flexibility index (Phi) is 11.6. The minimum absolute atomic E-state index is 0.0323. The summed E-state index contributed by atoms with van der Waals surface area (Å²) in [5, 5.41) is 12.3. The molecule has 2 fully saturated rings. The fourth-order valence-corrected chi connectivity index (χ4v) is 6.29. The van der Waals surface area contributed by atoms with Gasteiger partial charge in [-0.05, 0) is 68.2 Å². The molecule has 12 heteroatoms. The first-order chi connectivity index (χ1) is 21.8. The largest absolute Gasteiger partial charge is 0.364 e.